The second-order valence-electron chi connectivity index (χ2n) is 19.4. The molecule has 4 heteroatoms. The summed E-state index contributed by atoms with van der Waals surface area (Å²) < 4.78 is 13.0. The fourth-order valence-electron chi connectivity index (χ4n) is 12.9. The summed E-state index contributed by atoms with van der Waals surface area (Å²) in [6, 6.07) is 84.6. The summed E-state index contributed by atoms with van der Waals surface area (Å²) in [4.78, 5) is 4.87. The molecule has 2 aromatic heterocycles. The third-order valence-corrected chi connectivity index (χ3v) is 15.7. The third kappa shape index (κ3) is 5.77. The maximum Gasteiger partial charge on any atom is 0.137 e. The first-order chi connectivity index (χ1) is 36.1. The molecule has 0 unspecified atom stereocenters. The van der Waals surface area contributed by atoms with Gasteiger partial charge in [0.1, 0.15) is 22.5 Å². The van der Waals surface area contributed by atoms with Gasteiger partial charge in [-0.3, -0.25) is 0 Å². The third-order valence-electron chi connectivity index (χ3n) is 15.7. The lowest BCUT2D eigenvalue weighted by molar-refractivity contribution is 0.577. The van der Waals surface area contributed by atoms with Crippen LogP contribution in [0.1, 0.15) is 40.5 Å². The summed E-state index contributed by atoms with van der Waals surface area (Å²) in [5, 5.41) is 8.06. The van der Waals surface area contributed by atoms with Crippen molar-refractivity contribution in [3.8, 4) is 22.3 Å². The molecular formula is C69H46N2O2. The van der Waals surface area contributed by atoms with E-state index in [1.807, 2.05) is 0 Å². The second kappa shape index (κ2) is 15.8. The van der Waals surface area contributed by atoms with E-state index in [0.717, 1.165) is 78.4 Å². The van der Waals surface area contributed by atoms with Gasteiger partial charge in [0.05, 0.1) is 33.2 Å². The topological polar surface area (TPSA) is 32.8 Å². The van der Waals surface area contributed by atoms with Crippen LogP contribution >= 0.6 is 0 Å². The molecule has 0 fully saturated rings. The van der Waals surface area contributed by atoms with E-state index in [1.165, 1.54) is 66.1 Å². The van der Waals surface area contributed by atoms with Crippen LogP contribution in [-0.2, 0) is 5.41 Å². The minimum Gasteiger partial charge on any atom is -0.461 e. The Bertz CT molecular complexity index is 4380. The van der Waals surface area contributed by atoms with Gasteiger partial charge in [0, 0.05) is 33.4 Å². The number of hydrogen-bond acceptors (Lipinski definition) is 4. The van der Waals surface area contributed by atoms with E-state index in [2.05, 4.69) is 266 Å². The average Bonchev–Trinajstić information content (AvgIpc) is 4.18. The number of allylic oxidation sites excluding steroid dienone is 1. The van der Waals surface area contributed by atoms with Gasteiger partial charge >= 0.3 is 0 Å². The number of aryl methyl sites for hydroxylation is 1. The molecule has 1 spiro atoms. The van der Waals surface area contributed by atoms with Crippen molar-refractivity contribution in [2.75, 3.05) is 9.80 Å². The zero-order valence-electron chi connectivity index (χ0n) is 40.3. The summed E-state index contributed by atoms with van der Waals surface area (Å²) in [6.07, 6.45) is 4.26. The standard InChI is InChI=1S/C69H46N2O2/c1-3-20-48-43(2)72-63-35-18-32-59(66(48)63)70(45-21-6-4-7-22-45)47-38-40-49-44(41-47)37-39-55-65-53-28-11-10-27-52(53)61(42-58(65)69(68(49)55)56-30-15-12-25-50(56)51-26-13-16-31-57(51)69)71(46-23-8-5-9-24-46)60-33-19-36-64-67(60)54-29-14-17-34-62(54)73-64/h3-42H,1-2H3/b20-3-. The lowest BCUT2D eigenvalue weighted by Gasteiger charge is -2.34. The molecule has 0 aliphatic heterocycles. The molecule has 0 amide bonds. The Morgan fingerprint density at radius 1 is 0.397 bits per heavy atom. The van der Waals surface area contributed by atoms with Crippen molar-refractivity contribution in [2.24, 2.45) is 0 Å². The quantitative estimate of drug-likeness (QED) is 0.159. The van der Waals surface area contributed by atoms with Crippen LogP contribution < -0.4 is 9.80 Å². The summed E-state index contributed by atoms with van der Waals surface area (Å²) in [5.41, 5.74) is 19.8. The first-order valence-electron chi connectivity index (χ1n) is 25.2. The second-order valence-corrected chi connectivity index (χ2v) is 19.4. The van der Waals surface area contributed by atoms with Gasteiger partial charge in [0.15, 0.2) is 0 Å². The Balaban J connectivity index is 1.04. The Hall–Kier alpha value is -9.38. The minimum atomic E-state index is -0.658. The molecule has 2 heterocycles. The van der Waals surface area contributed by atoms with E-state index in [4.69, 9.17) is 8.83 Å². The van der Waals surface area contributed by atoms with Gasteiger partial charge in [-0.1, -0.05) is 170 Å². The van der Waals surface area contributed by atoms with Crippen LogP contribution in [0.3, 0.4) is 0 Å². The molecule has 15 rings (SSSR count). The molecule has 0 saturated heterocycles. The number of furan rings is 2. The van der Waals surface area contributed by atoms with Crippen molar-refractivity contribution in [1.29, 1.82) is 0 Å². The molecule has 0 saturated carbocycles. The van der Waals surface area contributed by atoms with Gasteiger partial charge in [-0.25, -0.2) is 0 Å². The van der Waals surface area contributed by atoms with E-state index in [9.17, 15) is 0 Å². The number of fused-ring (bicyclic) bond motifs is 18. The predicted molar refractivity (Wildman–Crippen MR) is 304 cm³/mol. The molecule has 0 N–H and O–H groups in total. The van der Waals surface area contributed by atoms with Crippen molar-refractivity contribution >= 4 is 94.7 Å². The molecule has 13 aromatic rings. The Morgan fingerprint density at radius 3 is 1.70 bits per heavy atom. The maximum absolute atomic E-state index is 6.59. The highest BCUT2D eigenvalue weighted by Crippen LogP contribution is 2.66. The predicted octanol–water partition coefficient (Wildman–Crippen LogP) is 19.3. The van der Waals surface area contributed by atoms with E-state index in [0.29, 0.717) is 0 Å². The van der Waals surface area contributed by atoms with Gasteiger partial charge in [-0.2, -0.15) is 0 Å². The van der Waals surface area contributed by atoms with Crippen molar-refractivity contribution in [3.05, 3.63) is 270 Å². The van der Waals surface area contributed by atoms with Crippen LogP contribution in [0.15, 0.2) is 245 Å². The van der Waals surface area contributed by atoms with Gasteiger partial charge < -0.3 is 18.6 Å². The summed E-state index contributed by atoms with van der Waals surface area (Å²) in [5.74, 6) is 0.902. The molecule has 0 radical (unpaired) electrons. The lowest BCUT2D eigenvalue weighted by atomic mass is 9.69. The number of benzene rings is 11. The monoisotopic (exact) mass is 934 g/mol. The highest BCUT2D eigenvalue weighted by molar-refractivity contribution is 6.18. The molecule has 0 bridgehead atoms. The van der Waals surface area contributed by atoms with Crippen LogP contribution in [0.2, 0.25) is 0 Å². The summed E-state index contributed by atoms with van der Waals surface area (Å²) >= 11 is 0. The molecule has 344 valence electrons. The zero-order chi connectivity index (χ0) is 48.4. The average molecular weight is 935 g/mol. The van der Waals surface area contributed by atoms with E-state index in [1.54, 1.807) is 0 Å². The number of para-hydroxylation sites is 3. The Labute approximate surface area is 422 Å². The zero-order valence-corrected chi connectivity index (χ0v) is 40.3. The smallest absolute Gasteiger partial charge is 0.137 e. The van der Waals surface area contributed by atoms with E-state index in [-0.39, 0.29) is 0 Å². The summed E-state index contributed by atoms with van der Waals surface area (Å²) in [6.45, 7) is 4.12. The van der Waals surface area contributed by atoms with Crippen molar-refractivity contribution in [2.45, 2.75) is 19.3 Å². The van der Waals surface area contributed by atoms with Crippen LogP contribution in [-0.4, -0.2) is 0 Å². The molecule has 11 aromatic carbocycles. The van der Waals surface area contributed by atoms with E-state index < -0.39 is 5.41 Å². The van der Waals surface area contributed by atoms with Crippen LogP contribution in [0.4, 0.5) is 34.1 Å². The number of hydrogen-bond donors (Lipinski definition) is 0. The molecule has 0 atom stereocenters. The highest BCUT2D eigenvalue weighted by atomic mass is 16.3. The lowest BCUT2D eigenvalue weighted by Crippen LogP contribution is -2.26. The number of rotatable bonds is 7. The van der Waals surface area contributed by atoms with Gasteiger partial charge in [-0.05, 0) is 147 Å². The molecular weight excluding hydrogens is 889 g/mol. The minimum absolute atomic E-state index is 0.658. The van der Waals surface area contributed by atoms with Crippen molar-refractivity contribution in [1.82, 2.24) is 0 Å². The molecule has 2 aliphatic rings. The first-order valence-corrected chi connectivity index (χ1v) is 25.2. The molecule has 4 nitrogen and oxygen atoms in total. The largest absolute Gasteiger partial charge is 0.461 e. The Kier molecular flexibility index (Phi) is 8.97. The van der Waals surface area contributed by atoms with Crippen molar-refractivity contribution in [3.63, 3.8) is 0 Å². The fraction of sp³-hybridized carbons (Fsp3) is 0.0435. The first kappa shape index (κ1) is 41.4. The van der Waals surface area contributed by atoms with Crippen LogP contribution in [0.5, 0.6) is 0 Å². The number of nitrogens with zero attached hydrogens (tertiary/aromatic N) is 2. The van der Waals surface area contributed by atoms with E-state index >= 15 is 0 Å². The van der Waals surface area contributed by atoms with Gasteiger partial charge in [-0.15, -0.1) is 0 Å². The van der Waals surface area contributed by atoms with Crippen LogP contribution in [0, 0.1) is 6.92 Å². The van der Waals surface area contributed by atoms with Gasteiger partial charge in [0.2, 0.25) is 0 Å². The van der Waals surface area contributed by atoms with Crippen molar-refractivity contribution < 1.29 is 8.83 Å². The number of anilines is 6. The van der Waals surface area contributed by atoms with Gasteiger partial charge in [0.25, 0.3) is 0 Å². The fourth-order valence-corrected chi connectivity index (χ4v) is 12.9. The molecule has 2 aliphatic carbocycles. The summed E-state index contributed by atoms with van der Waals surface area (Å²) in [7, 11) is 0. The highest BCUT2D eigenvalue weighted by Gasteiger charge is 2.53. The normalized spacial score (nSPS) is 13.1. The Morgan fingerprint density at radius 2 is 0.986 bits per heavy atom. The SMILES string of the molecule is C/C=C\c1c(C)oc2cccc(N(c3ccccc3)c3ccc4c5c(ccc4c3)-c3c(cc(N(c4ccccc4)c4cccc6oc7ccccc7c46)c4ccccc34)C53c4ccccc4-c4ccccc43)c12. The van der Waals surface area contributed by atoms with Crippen LogP contribution in [0.25, 0.3) is 82.8 Å². The maximum atomic E-state index is 6.59. The molecule has 73 heavy (non-hydrogen) atoms.